The zero-order valence-electron chi connectivity index (χ0n) is 25.5. The number of anilines is 3. The van der Waals surface area contributed by atoms with E-state index in [9.17, 15) is 18.0 Å². The van der Waals surface area contributed by atoms with Gasteiger partial charge in [0.2, 0.25) is 27.6 Å². The number of sulfonamides is 1. The van der Waals surface area contributed by atoms with E-state index < -0.39 is 22.9 Å². The average Bonchev–Trinajstić information content (AvgIpc) is 3.71. The standard InChI is InChI=1S/C26H32N8O6S/c1-27-26(36)18-14-28-21(30-25(35)16-7-8-16)13-20(18)29-19-6-4-5-17(23(19)39-2)24-31-22(40-32-24)15-33-9-11-34(12-10-33)41(3,37)38/h4-6,13-14,16H,7-12,15H2,1-3H3,(H,27,36)(H2,28,29,30,35)/i1D3. The summed E-state index contributed by atoms with van der Waals surface area (Å²) in [7, 11) is -1.80. The number of hydrogen-bond donors (Lipinski definition) is 3. The Morgan fingerprint density at radius 3 is 2.66 bits per heavy atom. The maximum Gasteiger partial charge on any atom is 0.254 e. The van der Waals surface area contributed by atoms with Gasteiger partial charge in [0.05, 0.1) is 42.4 Å². The van der Waals surface area contributed by atoms with Crippen molar-refractivity contribution >= 4 is 39.0 Å². The lowest BCUT2D eigenvalue weighted by atomic mass is 10.1. The molecule has 5 rings (SSSR count). The highest BCUT2D eigenvalue weighted by Crippen LogP contribution is 2.38. The Labute approximate surface area is 241 Å². The third kappa shape index (κ3) is 6.64. The number of aromatic nitrogens is 3. The summed E-state index contributed by atoms with van der Waals surface area (Å²) in [5, 5.41) is 11.9. The van der Waals surface area contributed by atoms with Gasteiger partial charge in [0, 0.05) is 55.4 Å². The fourth-order valence-electron chi connectivity index (χ4n) is 4.46. The number of ether oxygens (including phenoxy) is 1. The lowest BCUT2D eigenvalue weighted by molar-refractivity contribution is -0.117. The second-order valence-corrected chi connectivity index (χ2v) is 11.8. The van der Waals surface area contributed by atoms with E-state index in [4.69, 9.17) is 13.4 Å². The first-order valence-electron chi connectivity index (χ1n) is 14.4. The molecule has 1 aromatic carbocycles. The summed E-state index contributed by atoms with van der Waals surface area (Å²) in [4.78, 5) is 35.9. The van der Waals surface area contributed by atoms with Gasteiger partial charge >= 0.3 is 0 Å². The number of nitrogens with zero attached hydrogens (tertiary/aromatic N) is 5. The molecule has 0 unspecified atom stereocenters. The first-order chi connectivity index (χ1) is 20.8. The maximum absolute atomic E-state index is 12.9. The van der Waals surface area contributed by atoms with Crippen LogP contribution in [0.25, 0.3) is 11.4 Å². The number of pyridine rings is 1. The summed E-state index contributed by atoms with van der Waals surface area (Å²) in [5.41, 5.74) is 0.960. The molecular weight excluding hydrogens is 552 g/mol. The summed E-state index contributed by atoms with van der Waals surface area (Å²) in [6, 6.07) is 6.55. The molecule has 14 nitrogen and oxygen atoms in total. The van der Waals surface area contributed by atoms with Crippen LogP contribution in [0.1, 0.15) is 33.2 Å². The molecule has 1 saturated carbocycles. The van der Waals surface area contributed by atoms with Crippen molar-refractivity contribution in [3.05, 3.63) is 41.9 Å². The van der Waals surface area contributed by atoms with E-state index in [1.54, 1.807) is 18.2 Å². The van der Waals surface area contributed by atoms with Crippen LogP contribution in [0, 0.1) is 5.92 Å². The predicted octanol–water partition coefficient (Wildman–Crippen LogP) is 1.67. The van der Waals surface area contributed by atoms with Gasteiger partial charge in [0.25, 0.3) is 5.91 Å². The van der Waals surface area contributed by atoms with E-state index in [0.717, 1.165) is 12.8 Å². The van der Waals surface area contributed by atoms with E-state index in [1.807, 2.05) is 10.2 Å². The summed E-state index contributed by atoms with van der Waals surface area (Å²) < 4.78 is 58.5. The van der Waals surface area contributed by atoms with Gasteiger partial charge in [-0.1, -0.05) is 11.2 Å². The van der Waals surface area contributed by atoms with Crippen LogP contribution in [0.15, 0.2) is 35.0 Å². The molecule has 3 aromatic rings. The lowest BCUT2D eigenvalue weighted by Gasteiger charge is -2.32. The van der Waals surface area contributed by atoms with Crippen LogP contribution in [-0.2, 0) is 21.4 Å². The average molecular weight is 588 g/mol. The maximum atomic E-state index is 12.9. The van der Waals surface area contributed by atoms with Gasteiger partial charge in [-0.05, 0) is 25.0 Å². The van der Waals surface area contributed by atoms with Crippen molar-refractivity contribution in [2.75, 3.05) is 57.2 Å². The normalized spacial score (nSPS) is 17.7. The largest absolute Gasteiger partial charge is 0.494 e. The molecule has 2 fully saturated rings. The summed E-state index contributed by atoms with van der Waals surface area (Å²) in [6.07, 6.45) is 3.95. The van der Waals surface area contributed by atoms with Gasteiger partial charge in [0.15, 0.2) is 5.75 Å². The van der Waals surface area contributed by atoms with Crippen molar-refractivity contribution in [1.29, 1.82) is 0 Å². The molecule has 1 saturated heterocycles. The first-order valence-corrected chi connectivity index (χ1v) is 14.7. The number of methoxy groups -OCH3 is 1. The van der Waals surface area contributed by atoms with Crippen molar-refractivity contribution in [3.8, 4) is 17.1 Å². The number of hydrogen-bond acceptors (Lipinski definition) is 11. The van der Waals surface area contributed by atoms with E-state index in [1.165, 1.54) is 29.9 Å². The highest BCUT2D eigenvalue weighted by molar-refractivity contribution is 7.88. The molecule has 1 aliphatic carbocycles. The minimum atomic E-state index is -3.25. The van der Waals surface area contributed by atoms with Crippen LogP contribution in [0.4, 0.5) is 17.2 Å². The van der Waals surface area contributed by atoms with Gasteiger partial charge in [-0.25, -0.2) is 13.4 Å². The third-order valence-corrected chi connectivity index (χ3v) is 8.12. The van der Waals surface area contributed by atoms with Crippen LogP contribution < -0.4 is 20.7 Å². The number of para-hydroxylation sites is 1. The smallest absolute Gasteiger partial charge is 0.254 e. The molecule has 15 heteroatoms. The van der Waals surface area contributed by atoms with E-state index in [-0.39, 0.29) is 34.7 Å². The topological polar surface area (TPSA) is 172 Å². The van der Waals surface area contributed by atoms with Crippen LogP contribution in [0.2, 0.25) is 0 Å². The second kappa shape index (κ2) is 11.8. The number of piperazine rings is 1. The number of amides is 2. The van der Waals surface area contributed by atoms with Gasteiger partial charge in [-0.2, -0.15) is 9.29 Å². The predicted molar refractivity (Wildman–Crippen MR) is 150 cm³/mol. The number of rotatable bonds is 10. The molecular formula is C26H32N8O6S. The highest BCUT2D eigenvalue weighted by atomic mass is 32.2. The second-order valence-electron chi connectivity index (χ2n) is 9.79. The summed E-state index contributed by atoms with van der Waals surface area (Å²) in [6.45, 7) is -0.633. The Morgan fingerprint density at radius 2 is 1.98 bits per heavy atom. The Bertz CT molecular complexity index is 1650. The molecule has 218 valence electrons. The zero-order chi connectivity index (χ0) is 31.6. The van der Waals surface area contributed by atoms with Crippen molar-refractivity contribution < 1.29 is 31.4 Å². The van der Waals surface area contributed by atoms with Crippen molar-refractivity contribution in [3.63, 3.8) is 0 Å². The monoisotopic (exact) mass is 587 g/mol. The molecule has 1 aliphatic heterocycles. The van der Waals surface area contributed by atoms with Crippen molar-refractivity contribution in [2.24, 2.45) is 5.92 Å². The molecule has 0 radical (unpaired) electrons. The molecule has 3 heterocycles. The quantitative estimate of drug-likeness (QED) is 0.315. The number of carbonyl (C=O) groups excluding carboxylic acids is 2. The van der Waals surface area contributed by atoms with Crippen molar-refractivity contribution in [2.45, 2.75) is 19.4 Å². The van der Waals surface area contributed by atoms with Crippen molar-refractivity contribution in [1.82, 2.24) is 29.6 Å². The lowest BCUT2D eigenvalue weighted by Crippen LogP contribution is -2.47. The van der Waals surface area contributed by atoms with Crippen LogP contribution in [-0.4, -0.2) is 91.1 Å². The minimum absolute atomic E-state index is 0.0733. The van der Waals surface area contributed by atoms with Crippen LogP contribution >= 0.6 is 0 Å². The molecule has 2 aliphatic rings. The Kier molecular flexibility index (Phi) is 7.11. The minimum Gasteiger partial charge on any atom is -0.494 e. The molecule has 2 aromatic heterocycles. The van der Waals surface area contributed by atoms with E-state index >= 15 is 0 Å². The van der Waals surface area contributed by atoms with Gasteiger partial charge in [-0.15, -0.1) is 0 Å². The van der Waals surface area contributed by atoms with E-state index in [2.05, 4.69) is 25.8 Å². The Morgan fingerprint density at radius 1 is 1.20 bits per heavy atom. The molecule has 3 N–H and O–H groups in total. The molecule has 0 atom stereocenters. The van der Waals surface area contributed by atoms with Crippen LogP contribution in [0.5, 0.6) is 5.75 Å². The molecule has 2 amide bonds. The fourth-order valence-corrected chi connectivity index (χ4v) is 5.29. The summed E-state index contributed by atoms with van der Waals surface area (Å²) in [5.74, 6) is -0.0946. The molecule has 0 spiro atoms. The Hall–Kier alpha value is -4.08. The first kappa shape index (κ1) is 24.7. The number of carbonyl (C=O) groups is 2. The fraction of sp³-hybridized carbons (Fsp3) is 0.423. The highest BCUT2D eigenvalue weighted by Gasteiger charge is 2.30. The summed E-state index contributed by atoms with van der Waals surface area (Å²) >= 11 is 0. The van der Waals surface area contributed by atoms with E-state index in [0.29, 0.717) is 55.6 Å². The molecule has 41 heavy (non-hydrogen) atoms. The molecule has 0 bridgehead atoms. The SMILES string of the molecule is [2H]C([2H])([2H])NC(=O)c1cnc(NC(=O)C2CC2)cc1Nc1cccc(-c2noc(CN3CCN(S(C)(=O)=O)CC3)n2)c1OC. The van der Waals surface area contributed by atoms with Gasteiger partial charge in [0.1, 0.15) is 5.82 Å². The Balaban J connectivity index is 1.38. The zero-order valence-corrected chi connectivity index (χ0v) is 23.3. The van der Waals surface area contributed by atoms with Gasteiger partial charge in [-0.3, -0.25) is 14.5 Å². The number of nitrogens with one attached hydrogen (secondary N) is 3. The number of benzene rings is 1. The van der Waals surface area contributed by atoms with Gasteiger partial charge < -0.3 is 25.2 Å². The third-order valence-electron chi connectivity index (χ3n) is 6.82. The van der Waals surface area contributed by atoms with Crippen LogP contribution in [0.3, 0.4) is 0 Å².